The Morgan fingerprint density at radius 3 is 2.63 bits per heavy atom. The largest absolute Gasteiger partial charge is 0.454 e. The molecule has 0 amide bonds. The first-order chi connectivity index (χ1) is 14.6. The Morgan fingerprint density at radius 1 is 0.933 bits per heavy atom. The molecule has 4 heterocycles. The molecule has 0 unspecified atom stereocenters. The van der Waals surface area contributed by atoms with Crippen LogP contribution >= 0.6 is 0 Å². The van der Waals surface area contributed by atoms with Crippen molar-refractivity contribution in [2.24, 2.45) is 0 Å². The Hall–Kier alpha value is -2.90. The molecule has 2 aromatic carbocycles. The third-order valence-corrected chi connectivity index (χ3v) is 8.57. The van der Waals surface area contributed by atoms with E-state index in [0.717, 1.165) is 40.3 Å². The fourth-order valence-electron chi connectivity index (χ4n) is 4.88. The molecule has 3 aromatic rings. The second-order valence-corrected chi connectivity index (χ2v) is 10.2. The van der Waals surface area contributed by atoms with Gasteiger partial charge in [0.05, 0.1) is 10.1 Å². The highest BCUT2D eigenvalue weighted by molar-refractivity contribution is 7.92. The molecule has 6 rings (SSSR count). The molecule has 30 heavy (non-hydrogen) atoms. The van der Waals surface area contributed by atoms with Gasteiger partial charge < -0.3 is 9.47 Å². The number of hydrogen-bond acceptors (Lipinski definition) is 6. The predicted molar refractivity (Wildman–Crippen MR) is 111 cm³/mol. The number of hydrogen-bond donors (Lipinski definition) is 0. The Labute approximate surface area is 175 Å². The lowest BCUT2D eigenvalue weighted by Crippen LogP contribution is -2.25. The molecule has 7 heteroatoms. The van der Waals surface area contributed by atoms with Crippen LogP contribution < -0.4 is 9.47 Å². The standard InChI is InChI=1S/C23H20N2O4S/c26-30(27)22-4-2-17(16-5-7-24-8-6-16)10-18(22)19-12-25(13-23(19)30)11-15-1-3-20-21(9-15)29-14-28-20/h1-10,19,23H,11-14H2/t19-,23+/m0/s1. The van der Waals surface area contributed by atoms with Crippen molar-refractivity contribution in [3.05, 3.63) is 72.1 Å². The lowest BCUT2D eigenvalue weighted by molar-refractivity contribution is 0.174. The van der Waals surface area contributed by atoms with Crippen LogP contribution in [0.15, 0.2) is 65.8 Å². The van der Waals surface area contributed by atoms with E-state index < -0.39 is 9.84 Å². The van der Waals surface area contributed by atoms with Crippen LogP contribution in [0.5, 0.6) is 11.5 Å². The highest BCUT2D eigenvalue weighted by Crippen LogP contribution is 2.46. The van der Waals surface area contributed by atoms with Crippen LogP contribution in [0, 0.1) is 0 Å². The fraction of sp³-hybridized carbons (Fsp3) is 0.261. The Bertz CT molecular complexity index is 1240. The summed E-state index contributed by atoms with van der Waals surface area (Å²) >= 11 is 0. The number of sulfone groups is 1. The van der Waals surface area contributed by atoms with E-state index in [-0.39, 0.29) is 18.0 Å². The van der Waals surface area contributed by atoms with Crippen LogP contribution in [0.2, 0.25) is 0 Å². The summed E-state index contributed by atoms with van der Waals surface area (Å²) in [6, 6.07) is 15.6. The molecule has 0 bridgehead atoms. The highest BCUT2D eigenvalue weighted by atomic mass is 32.2. The second kappa shape index (κ2) is 6.55. The van der Waals surface area contributed by atoms with E-state index in [2.05, 4.69) is 16.0 Å². The minimum atomic E-state index is -3.32. The van der Waals surface area contributed by atoms with Gasteiger partial charge in [-0.05, 0) is 58.7 Å². The van der Waals surface area contributed by atoms with E-state index in [1.165, 1.54) is 0 Å². The maximum absolute atomic E-state index is 13.2. The topological polar surface area (TPSA) is 68.7 Å². The number of fused-ring (bicyclic) bond motifs is 4. The summed E-state index contributed by atoms with van der Waals surface area (Å²) in [5.41, 5.74) is 4.12. The van der Waals surface area contributed by atoms with E-state index >= 15 is 0 Å². The van der Waals surface area contributed by atoms with Crippen molar-refractivity contribution in [2.75, 3.05) is 19.9 Å². The number of pyridine rings is 1. The SMILES string of the molecule is O=S1(=O)c2ccc(-c3ccncc3)cc2[C@@H]2CN(Cc3ccc4c(c3)OCO4)C[C@H]21. The van der Waals surface area contributed by atoms with E-state index in [0.29, 0.717) is 18.0 Å². The summed E-state index contributed by atoms with van der Waals surface area (Å²) in [7, 11) is -3.32. The first-order valence-corrected chi connectivity index (χ1v) is 11.5. The van der Waals surface area contributed by atoms with E-state index in [1.54, 1.807) is 18.5 Å². The van der Waals surface area contributed by atoms with Crippen molar-refractivity contribution >= 4 is 9.84 Å². The van der Waals surface area contributed by atoms with Crippen molar-refractivity contribution in [3.8, 4) is 22.6 Å². The van der Waals surface area contributed by atoms with Gasteiger partial charge in [-0.15, -0.1) is 0 Å². The van der Waals surface area contributed by atoms with Gasteiger partial charge in [0.15, 0.2) is 21.3 Å². The summed E-state index contributed by atoms with van der Waals surface area (Å²) in [4.78, 5) is 6.80. The van der Waals surface area contributed by atoms with Gasteiger partial charge in [-0.25, -0.2) is 8.42 Å². The average molecular weight is 420 g/mol. The van der Waals surface area contributed by atoms with Gasteiger partial charge in [0.1, 0.15) is 0 Å². The Kier molecular flexibility index (Phi) is 3.91. The molecule has 0 spiro atoms. The zero-order valence-electron chi connectivity index (χ0n) is 16.2. The Balaban J connectivity index is 1.30. The first kappa shape index (κ1) is 17.9. The molecule has 152 valence electrons. The van der Waals surface area contributed by atoms with Crippen molar-refractivity contribution < 1.29 is 17.9 Å². The van der Waals surface area contributed by atoms with Crippen molar-refractivity contribution in [2.45, 2.75) is 22.6 Å². The number of aromatic nitrogens is 1. The van der Waals surface area contributed by atoms with E-state index in [4.69, 9.17) is 9.47 Å². The zero-order valence-corrected chi connectivity index (χ0v) is 17.0. The van der Waals surface area contributed by atoms with E-state index in [9.17, 15) is 8.42 Å². The van der Waals surface area contributed by atoms with Gasteiger partial charge in [0.2, 0.25) is 6.79 Å². The van der Waals surface area contributed by atoms with Crippen molar-refractivity contribution in [1.82, 2.24) is 9.88 Å². The van der Waals surface area contributed by atoms with Crippen molar-refractivity contribution in [3.63, 3.8) is 0 Å². The summed E-state index contributed by atoms with van der Waals surface area (Å²) in [6.07, 6.45) is 3.51. The number of nitrogens with zero attached hydrogens (tertiary/aromatic N) is 2. The smallest absolute Gasteiger partial charge is 0.231 e. The third-order valence-electron chi connectivity index (χ3n) is 6.31. The molecule has 1 fully saturated rings. The first-order valence-electron chi connectivity index (χ1n) is 9.99. The highest BCUT2D eigenvalue weighted by Gasteiger charge is 2.50. The molecule has 0 saturated carbocycles. The molecule has 6 nitrogen and oxygen atoms in total. The summed E-state index contributed by atoms with van der Waals surface area (Å²) in [5, 5.41) is -0.380. The van der Waals surface area contributed by atoms with Gasteiger partial charge in [0, 0.05) is 37.9 Å². The van der Waals surface area contributed by atoms with Crippen LogP contribution in [0.4, 0.5) is 0 Å². The molecule has 0 N–H and O–H groups in total. The molecular weight excluding hydrogens is 400 g/mol. The van der Waals surface area contributed by atoms with Crippen LogP contribution in [0.3, 0.4) is 0 Å². The van der Waals surface area contributed by atoms with Crippen LogP contribution in [0.1, 0.15) is 17.0 Å². The molecule has 2 atom stereocenters. The number of rotatable bonds is 3. The quantitative estimate of drug-likeness (QED) is 0.648. The van der Waals surface area contributed by atoms with Crippen LogP contribution in [-0.2, 0) is 16.4 Å². The minimum absolute atomic E-state index is 0.000739. The summed E-state index contributed by atoms with van der Waals surface area (Å²) in [5.74, 6) is 1.52. The fourth-order valence-corrected chi connectivity index (χ4v) is 7.07. The molecule has 3 aliphatic rings. The number of likely N-dealkylation sites (tertiary alicyclic amines) is 1. The predicted octanol–water partition coefficient (Wildman–Crippen LogP) is 3.23. The van der Waals surface area contributed by atoms with Crippen LogP contribution in [-0.4, -0.2) is 43.4 Å². The van der Waals surface area contributed by atoms with Gasteiger partial charge in [-0.1, -0.05) is 12.1 Å². The van der Waals surface area contributed by atoms with Crippen molar-refractivity contribution in [1.29, 1.82) is 0 Å². The monoisotopic (exact) mass is 420 g/mol. The lowest BCUT2D eigenvalue weighted by atomic mass is 9.95. The molecule has 0 radical (unpaired) electrons. The van der Waals surface area contributed by atoms with Crippen LogP contribution in [0.25, 0.3) is 11.1 Å². The van der Waals surface area contributed by atoms with Gasteiger partial charge >= 0.3 is 0 Å². The summed E-state index contributed by atoms with van der Waals surface area (Å²) < 4.78 is 37.2. The molecular formula is C23H20N2O4S. The van der Waals surface area contributed by atoms with Gasteiger partial charge in [-0.2, -0.15) is 0 Å². The maximum Gasteiger partial charge on any atom is 0.231 e. The Morgan fingerprint density at radius 2 is 1.77 bits per heavy atom. The minimum Gasteiger partial charge on any atom is -0.454 e. The van der Waals surface area contributed by atoms with Gasteiger partial charge in [-0.3, -0.25) is 9.88 Å². The molecule has 0 aliphatic carbocycles. The maximum atomic E-state index is 13.2. The number of benzene rings is 2. The molecule has 3 aliphatic heterocycles. The molecule has 1 saturated heterocycles. The van der Waals surface area contributed by atoms with Gasteiger partial charge in [0.25, 0.3) is 0 Å². The average Bonchev–Trinajstić information content (AvgIpc) is 3.45. The van der Waals surface area contributed by atoms with E-state index in [1.807, 2.05) is 36.4 Å². The summed E-state index contributed by atoms with van der Waals surface area (Å²) in [6.45, 7) is 2.21. The number of ether oxygens (including phenoxy) is 2. The third kappa shape index (κ3) is 2.73. The lowest BCUT2D eigenvalue weighted by Gasteiger charge is -2.18. The normalized spacial score (nSPS) is 23.3. The molecule has 1 aromatic heterocycles. The zero-order chi connectivity index (χ0) is 20.3. The second-order valence-electron chi connectivity index (χ2n) is 8.06.